The van der Waals surface area contributed by atoms with Crippen LogP contribution >= 0.6 is 23.4 Å². The van der Waals surface area contributed by atoms with E-state index in [2.05, 4.69) is 0 Å². The van der Waals surface area contributed by atoms with Crippen molar-refractivity contribution >= 4 is 23.4 Å². The first-order valence-corrected chi connectivity index (χ1v) is 6.81. The largest absolute Gasteiger partial charge is 0.396 e. The summed E-state index contributed by atoms with van der Waals surface area (Å²) >= 11 is 7.64. The van der Waals surface area contributed by atoms with E-state index in [-0.39, 0.29) is 17.9 Å². The van der Waals surface area contributed by atoms with Crippen LogP contribution in [0.3, 0.4) is 0 Å². The smallest absolute Gasteiger partial charge is 0.0445 e. The normalized spacial score (nSPS) is 14.8. The van der Waals surface area contributed by atoms with Crippen molar-refractivity contribution in [3.8, 4) is 0 Å². The van der Waals surface area contributed by atoms with Gasteiger partial charge in [0.05, 0.1) is 0 Å². The molecule has 0 spiro atoms. The van der Waals surface area contributed by atoms with Gasteiger partial charge in [0, 0.05) is 22.9 Å². The maximum absolute atomic E-state index is 8.76. The lowest BCUT2D eigenvalue weighted by Crippen LogP contribution is -2.23. The van der Waals surface area contributed by atoms with E-state index in [1.807, 2.05) is 31.2 Å². The molecule has 16 heavy (non-hydrogen) atoms. The molecule has 0 fully saturated rings. The Hall–Kier alpha value is -0.220. The lowest BCUT2D eigenvalue weighted by Gasteiger charge is -2.20. The Balaban J connectivity index is 2.65. The molecular formula is C12H18ClNOS. The van der Waals surface area contributed by atoms with Gasteiger partial charge in [0.25, 0.3) is 0 Å². The van der Waals surface area contributed by atoms with Crippen LogP contribution in [0.25, 0.3) is 0 Å². The van der Waals surface area contributed by atoms with Crippen molar-refractivity contribution in [2.75, 3.05) is 12.4 Å². The van der Waals surface area contributed by atoms with Gasteiger partial charge in [-0.2, -0.15) is 11.8 Å². The fraction of sp³-hybridized carbons (Fsp3) is 0.500. The minimum absolute atomic E-state index is 0.0878. The highest BCUT2D eigenvalue weighted by Crippen LogP contribution is 2.32. The van der Waals surface area contributed by atoms with Crippen molar-refractivity contribution in [3.63, 3.8) is 0 Å². The van der Waals surface area contributed by atoms with E-state index in [1.165, 1.54) is 5.56 Å². The fourth-order valence-corrected chi connectivity index (χ4v) is 2.81. The number of aliphatic hydroxyl groups excluding tert-OH is 1. The first-order valence-electron chi connectivity index (χ1n) is 5.38. The number of nitrogens with two attached hydrogens (primary N) is 1. The Bertz CT molecular complexity index is 302. The third-order valence-electron chi connectivity index (χ3n) is 2.28. The van der Waals surface area contributed by atoms with Crippen molar-refractivity contribution in [2.45, 2.75) is 24.6 Å². The second-order valence-corrected chi connectivity index (χ2v) is 5.47. The molecule has 0 radical (unpaired) electrons. The summed E-state index contributed by atoms with van der Waals surface area (Å²) in [5, 5.41) is 9.77. The van der Waals surface area contributed by atoms with E-state index in [9.17, 15) is 0 Å². The highest BCUT2D eigenvalue weighted by molar-refractivity contribution is 7.99. The van der Waals surface area contributed by atoms with Crippen molar-refractivity contribution in [3.05, 3.63) is 34.9 Å². The molecule has 0 aliphatic heterocycles. The zero-order valence-electron chi connectivity index (χ0n) is 9.40. The summed E-state index contributed by atoms with van der Waals surface area (Å²) in [5.41, 5.74) is 7.17. The van der Waals surface area contributed by atoms with Gasteiger partial charge in [-0.3, -0.25) is 0 Å². The predicted molar refractivity (Wildman–Crippen MR) is 72.0 cm³/mol. The summed E-state index contributed by atoms with van der Waals surface area (Å²) in [5.74, 6) is 0.922. The van der Waals surface area contributed by atoms with Gasteiger partial charge in [0.2, 0.25) is 0 Å². The summed E-state index contributed by atoms with van der Waals surface area (Å²) in [6, 6.07) is 7.90. The third-order valence-corrected chi connectivity index (χ3v) is 4.11. The van der Waals surface area contributed by atoms with E-state index in [0.29, 0.717) is 0 Å². The molecule has 0 saturated heterocycles. The van der Waals surface area contributed by atoms with Gasteiger partial charge in [-0.25, -0.2) is 0 Å². The van der Waals surface area contributed by atoms with Gasteiger partial charge in [-0.1, -0.05) is 23.7 Å². The molecular weight excluding hydrogens is 242 g/mol. The van der Waals surface area contributed by atoms with E-state index in [4.69, 9.17) is 22.4 Å². The standard InChI is InChI=1S/C12H18ClNOS/c1-9(14)12(16-8-2-7-15)10-3-5-11(13)6-4-10/h3-6,9,12,15H,2,7-8,14H2,1H3. The molecule has 90 valence electrons. The number of halogens is 1. The van der Waals surface area contributed by atoms with E-state index < -0.39 is 0 Å². The van der Waals surface area contributed by atoms with Crippen LogP contribution in [0.4, 0.5) is 0 Å². The summed E-state index contributed by atoms with van der Waals surface area (Å²) in [6.07, 6.45) is 0.807. The molecule has 0 aliphatic carbocycles. The molecule has 0 aliphatic rings. The second kappa shape index (κ2) is 7.17. The summed E-state index contributed by atoms with van der Waals surface area (Å²) < 4.78 is 0. The molecule has 1 aromatic rings. The van der Waals surface area contributed by atoms with Crippen LogP contribution in [-0.2, 0) is 0 Å². The number of rotatable bonds is 6. The van der Waals surface area contributed by atoms with Crippen LogP contribution in [0.2, 0.25) is 5.02 Å². The molecule has 1 aromatic carbocycles. The van der Waals surface area contributed by atoms with E-state index in [0.717, 1.165) is 17.2 Å². The minimum atomic E-state index is 0.0878. The quantitative estimate of drug-likeness (QED) is 0.773. The second-order valence-electron chi connectivity index (χ2n) is 3.78. The van der Waals surface area contributed by atoms with Crippen molar-refractivity contribution in [1.29, 1.82) is 0 Å². The Morgan fingerprint density at radius 2 is 2.00 bits per heavy atom. The molecule has 2 unspecified atom stereocenters. The molecule has 0 amide bonds. The molecule has 4 heteroatoms. The number of hydrogen-bond donors (Lipinski definition) is 2. The van der Waals surface area contributed by atoms with Crippen LogP contribution < -0.4 is 5.73 Å². The Labute approximate surface area is 106 Å². The lowest BCUT2D eigenvalue weighted by atomic mass is 10.1. The first-order chi connectivity index (χ1) is 7.65. The molecule has 3 N–H and O–H groups in total. The highest BCUT2D eigenvalue weighted by Gasteiger charge is 2.16. The molecule has 1 rings (SSSR count). The number of hydrogen-bond acceptors (Lipinski definition) is 3. The molecule has 0 bridgehead atoms. The lowest BCUT2D eigenvalue weighted by molar-refractivity contribution is 0.296. The monoisotopic (exact) mass is 259 g/mol. The van der Waals surface area contributed by atoms with Crippen LogP contribution in [-0.4, -0.2) is 23.5 Å². The van der Waals surface area contributed by atoms with E-state index in [1.54, 1.807) is 11.8 Å². The summed E-state index contributed by atoms with van der Waals surface area (Å²) in [7, 11) is 0. The molecule has 2 nitrogen and oxygen atoms in total. The third kappa shape index (κ3) is 4.34. The van der Waals surface area contributed by atoms with Gasteiger partial charge in [0.15, 0.2) is 0 Å². The SMILES string of the molecule is CC(N)C(SCCCO)c1ccc(Cl)cc1. The zero-order valence-corrected chi connectivity index (χ0v) is 11.0. The van der Waals surface area contributed by atoms with Crippen LogP contribution in [0.1, 0.15) is 24.2 Å². The summed E-state index contributed by atoms with van der Waals surface area (Å²) in [4.78, 5) is 0. The number of benzene rings is 1. The van der Waals surface area contributed by atoms with Gasteiger partial charge in [0.1, 0.15) is 0 Å². The Morgan fingerprint density at radius 1 is 1.38 bits per heavy atom. The molecule has 2 atom stereocenters. The van der Waals surface area contributed by atoms with Gasteiger partial charge in [-0.05, 0) is 36.8 Å². The average Bonchev–Trinajstić information content (AvgIpc) is 2.26. The molecule has 0 saturated carbocycles. The molecule has 0 heterocycles. The highest BCUT2D eigenvalue weighted by atomic mass is 35.5. The number of thioether (sulfide) groups is 1. The maximum atomic E-state index is 8.76. The predicted octanol–water partition coefficient (Wildman–Crippen LogP) is 2.84. The van der Waals surface area contributed by atoms with Gasteiger partial charge < -0.3 is 10.8 Å². The van der Waals surface area contributed by atoms with Crippen molar-refractivity contribution < 1.29 is 5.11 Å². The van der Waals surface area contributed by atoms with Gasteiger partial charge in [-0.15, -0.1) is 0 Å². The van der Waals surface area contributed by atoms with E-state index >= 15 is 0 Å². The Kier molecular flexibility index (Phi) is 6.21. The topological polar surface area (TPSA) is 46.2 Å². The average molecular weight is 260 g/mol. The van der Waals surface area contributed by atoms with Crippen LogP contribution in [0.15, 0.2) is 24.3 Å². The van der Waals surface area contributed by atoms with Crippen LogP contribution in [0, 0.1) is 0 Å². The zero-order chi connectivity index (χ0) is 12.0. The fourth-order valence-electron chi connectivity index (χ4n) is 1.48. The van der Waals surface area contributed by atoms with Crippen molar-refractivity contribution in [1.82, 2.24) is 0 Å². The maximum Gasteiger partial charge on any atom is 0.0445 e. The van der Waals surface area contributed by atoms with Crippen molar-refractivity contribution in [2.24, 2.45) is 5.73 Å². The Morgan fingerprint density at radius 3 is 2.50 bits per heavy atom. The first kappa shape index (κ1) is 13.8. The molecule has 0 aromatic heterocycles. The summed E-state index contributed by atoms with van der Waals surface area (Å²) in [6.45, 7) is 2.24. The minimum Gasteiger partial charge on any atom is -0.396 e. The number of aliphatic hydroxyl groups is 1. The van der Waals surface area contributed by atoms with Crippen LogP contribution in [0.5, 0.6) is 0 Å². The van der Waals surface area contributed by atoms with Gasteiger partial charge >= 0.3 is 0 Å².